The Morgan fingerprint density at radius 1 is 1.24 bits per heavy atom. The lowest BCUT2D eigenvalue weighted by Gasteiger charge is -2.18. The zero-order valence-corrected chi connectivity index (χ0v) is 15.6. The molecule has 0 fully saturated rings. The van der Waals surface area contributed by atoms with Crippen molar-refractivity contribution < 1.29 is 14.3 Å². The monoisotopic (exact) mass is 346 g/mol. The molecule has 25 heavy (non-hydrogen) atoms. The van der Waals surface area contributed by atoms with Gasteiger partial charge in [-0.3, -0.25) is 9.59 Å². The minimum absolute atomic E-state index is 0.0646. The lowest BCUT2D eigenvalue weighted by Crippen LogP contribution is -2.32. The van der Waals surface area contributed by atoms with E-state index in [0.717, 1.165) is 36.3 Å². The standard InChI is InChI=1S/C20H30N2O3/c1-14(2)6-7-15(3)21-19(23)5-4-12-25-17-9-10-18-16(13-17)8-11-20(24)22-18/h9-10,13-15H,4-8,11-12H2,1-3H3,(H,21,23)(H,22,24). The third-order valence-electron chi connectivity index (χ3n) is 4.37. The van der Waals surface area contributed by atoms with E-state index in [4.69, 9.17) is 4.74 Å². The Bertz CT molecular complexity index is 599. The van der Waals surface area contributed by atoms with E-state index in [2.05, 4.69) is 31.4 Å². The van der Waals surface area contributed by atoms with Crippen molar-refractivity contribution in [2.45, 2.75) is 65.3 Å². The van der Waals surface area contributed by atoms with Crippen LogP contribution in [0.3, 0.4) is 0 Å². The van der Waals surface area contributed by atoms with Gasteiger partial charge in [0.1, 0.15) is 5.75 Å². The van der Waals surface area contributed by atoms with Crippen molar-refractivity contribution in [2.75, 3.05) is 11.9 Å². The second-order valence-corrected chi connectivity index (χ2v) is 7.26. The minimum Gasteiger partial charge on any atom is -0.494 e. The third-order valence-corrected chi connectivity index (χ3v) is 4.37. The minimum atomic E-state index is 0.0646. The molecule has 1 aromatic carbocycles. The summed E-state index contributed by atoms with van der Waals surface area (Å²) in [4.78, 5) is 23.3. The van der Waals surface area contributed by atoms with Gasteiger partial charge in [0.25, 0.3) is 0 Å². The van der Waals surface area contributed by atoms with Crippen LogP contribution in [-0.4, -0.2) is 24.5 Å². The number of rotatable bonds is 9. The maximum absolute atomic E-state index is 11.9. The molecule has 0 aliphatic carbocycles. The molecule has 2 N–H and O–H groups in total. The number of aryl methyl sites for hydroxylation is 1. The Balaban J connectivity index is 1.66. The normalized spacial score (nSPS) is 14.6. The smallest absolute Gasteiger partial charge is 0.224 e. The molecule has 1 aliphatic heterocycles. The number of carbonyl (C=O) groups is 2. The topological polar surface area (TPSA) is 67.4 Å². The van der Waals surface area contributed by atoms with Crippen LogP contribution in [0, 0.1) is 5.92 Å². The summed E-state index contributed by atoms with van der Waals surface area (Å²) in [7, 11) is 0. The first kappa shape index (κ1) is 19.3. The highest BCUT2D eigenvalue weighted by Gasteiger charge is 2.15. The van der Waals surface area contributed by atoms with Crippen LogP contribution in [0.15, 0.2) is 18.2 Å². The van der Waals surface area contributed by atoms with Crippen LogP contribution < -0.4 is 15.4 Å². The van der Waals surface area contributed by atoms with Crippen LogP contribution in [0.1, 0.15) is 58.4 Å². The molecule has 2 amide bonds. The number of fused-ring (bicyclic) bond motifs is 1. The van der Waals surface area contributed by atoms with Crippen LogP contribution >= 0.6 is 0 Å². The summed E-state index contributed by atoms with van der Waals surface area (Å²) in [5.41, 5.74) is 1.98. The Morgan fingerprint density at radius 3 is 2.80 bits per heavy atom. The van der Waals surface area contributed by atoms with Gasteiger partial charge in [0.05, 0.1) is 6.61 Å². The van der Waals surface area contributed by atoms with E-state index in [0.29, 0.717) is 31.8 Å². The molecule has 0 aromatic heterocycles. The molecule has 1 unspecified atom stereocenters. The molecule has 5 heteroatoms. The predicted octanol–water partition coefficient (Wildman–Crippen LogP) is 3.67. The van der Waals surface area contributed by atoms with Gasteiger partial charge in [-0.2, -0.15) is 0 Å². The number of ether oxygens (including phenoxy) is 1. The van der Waals surface area contributed by atoms with Crippen molar-refractivity contribution in [3.63, 3.8) is 0 Å². The second kappa shape index (κ2) is 9.44. The van der Waals surface area contributed by atoms with E-state index in [1.54, 1.807) is 0 Å². The number of carbonyl (C=O) groups excluding carboxylic acids is 2. The molecule has 0 saturated heterocycles. The summed E-state index contributed by atoms with van der Waals surface area (Å²) in [5, 5.41) is 5.90. The van der Waals surface area contributed by atoms with E-state index >= 15 is 0 Å². The molecule has 1 aromatic rings. The fourth-order valence-electron chi connectivity index (χ4n) is 2.87. The summed E-state index contributed by atoms with van der Waals surface area (Å²) in [6.07, 6.45) is 4.58. The molecule has 0 radical (unpaired) electrons. The molecule has 0 bridgehead atoms. The van der Waals surface area contributed by atoms with Gasteiger partial charge in [-0.15, -0.1) is 0 Å². The van der Waals surface area contributed by atoms with Gasteiger partial charge in [-0.05, 0) is 62.3 Å². The first-order valence-electron chi connectivity index (χ1n) is 9.29. The van der Waals surface area contributed by atoms with Gasteiger partial charge < -0.3 is 15.4 Å². The van der Waals surface area contributed by atoms with Crippen molar-refractivity contribution in [1.82, 2.24) is 5.32 Å². The molecule has 5 nitrogen and oxygen atoms in total. The molecular formula is C20H30N2O3. The van der Waals surface area contributed by atoms with Crippen LogP contribution in [0.5, 0.6) is 5.75 Å². The van der Waals surface area contributed by atoms with Crippen LogP contribution in [0.25, 0.3) is 0 Å². The maximum Gasteiger partial charge on any atom is 0.224 e. The summed E-state index contributed by atoms with van der Waals surface area (Å²) < 4.78 is 5.74. The van der Waals surface area contributed by atoms with Gasteiger partial charge in [-0.1, -0.05) is 13.8 Å². The molecule has 1 atom stereocenters. The number of amides is 2. The average molecular weight is 346 g/mol. The summed E-state index contributed by atoms with van der Waals surface area (Å²) in [5.74, 6) is 1.61. The SMILES string of the molecule is CC(C)CCC(C)NC(=O)CCCOc1ccc2c(c1)CCC(=O)N2. The third kappa shape index (κ3) is 6.77. The molecule has 2 rings (SSSR count). The van der Waals surface area contributed by atoms with Gasteiger partial charge in [-0.25, -0.2) is 0 Å². The van der Waals surface area contributed by atoms with Gasteiger partial charge in [0.15, 0.2) is 0 Å². The van der Waals surface area contributed by atoms with E-state index in [1.807, 2.05) is 18.2 Å². The number of hydrogen-bond acceptors (Lipinski definition) is 3. The van der Waals surface area contributed by atoms with Crippen LogP contribution in [0.2, 0.25) is 0 Å². The van der Waals surface area contributed by atoms with Crippen molar-refractivity contribution >= 4 is 17.5 Å². The first-order valence-corrected chi connectivity index (χ1v) is 9.29. The molecule has 1 heterocycles. The van der Waals surface area contributed by atoms with Crippen molar-refractivity contribution in [2.24, 2.45) is 5.92 Å². The lowest BCUT2D eigenvalue weighted by atomic mass is 10.0. The fraction of sp³-hybridized carbons (Fsp3) is 0.600. The van der Waals surface area contributed by atoms with Gasteiger partial charge >= 0.3 is 0 Å². The maximum atomic E-state index is 11.9. The summed E-state index contributed by atoms with van der Waals surface area (Å²) in [6, 6.07) is 5.94. The van der Waals surface area contributed by atoms with Crippen molar-refractivity contribution in [1.29, 1.82) is 0 Å². The highest BCUT2D eigenvalue weighted by Crippen LogP contribution is 2.26. The molecule has 0 saturated carbocycles. The van der Waals surface area contributed by atoms with Crippen LogP contribution in [0.4, 0.5) is 5.69 Å². The van der Waals surface area contributed by atoms with E-state index in [9.17, 15) is 9.59 Å². The number of anilines is 1. The highest BCUT2D eigenvalue weighted by atomic mass is 16.5. The number of benzene rings is 1. The Labute approximate surface area is 150 Å². The Hall–Kier alpha value is -2.04. The van der Waals surface area contributed by atoms with Crippen LogP contribution in [-0.2, 0) is 16.0 Å². The van der Waals surface area contributed by atoms with E-state index in [1.165, 1.54) is 0 Å². The van der Waals surface area contributed by atoms with Gasteiger partial charge in [0.2, 0.25) is 11.8 Å². The Kier molecular flexibility index (Phi) is 7.29. The van der Waals surface area contributed by atoms with Crippen molar-refractivity contribution in [3.8, 4) is 5.75 Å². The molecule has 1 aliphatic rings. The van der Waals surface area contributed by atoms with Gasteiger partial charge in [0, 0.05) is 24.6 Å². The summed E-state index contributed by atoms with van der Waals surface area (Å²) >= 11 is 0. The number of hydrogen-bond donors (Lipinski definition) is 2. The Morgan fingerprint density at radius 2 is 2.04 bits per heavy atom. The quantitative estimate of drug-likeness (QED) is 0.670. The van der Waals surface area contributed by atoms with Crippen molar-refractivity contribution in [3.05, 3.63) is 23.8 Å². The molecular weight excluding hydrogens is 316 g/mol. The zero-order valence-electron chi connectivity index (χ0n) is 15.6. The lowest BCUT2D eigenvalue weighted by molar-refractivity contribution is -0.122. The molecule has 138 valence electrons. The fourth-order valence-corrected chi connectivity index (χ4v) is 2.87. The molecule has 0 spiro atoms. The van der Waals surface area contributed by atoms with E-state index < -0.39 is 0 Å². The largest absolute Gasteiger partial charge is 0.494 e. The predicted molar refractivity (Wildman–Crippen MR) is 99.8 cm³/mol. The number of nitrogens with one attached hydrogen (secondary N) is 2. The highest BCUT2D eigenvalue weighted by molar-refractivity contribution is 5.94. The first-order chi connectivity index (χ1) is 11.9. The zero-order chi connectivity index (χ0) is 18.2. The summed E-state index contributed by atoms with van der Waals surface area (Å²) in [6.45, 7) is 6.96. The average Bonchev–Trinajstić information content (AvgIpc) is 2.57. The van der Waals surface area contributed by atoms with E-state index in [-0.39, 0.29) is 17.9 Å². The second-order valence-electron chi connectivity index (χ2n) is 7.26.